The maximum absolute atomic E-state index is 5.29. The van der Waals surface area contributed by atoms with Gasteiger partial charge in [-0.2, -0.15) is 0 Å². The largest absolute Gasteiger partial charge is 0.497 e. The molecule has 2 heterocycles. The van der Waals surface area contributed by atoms with Crippen molar-refractivity contribution in [3.8, 4) is 5.75 Å². The average Bonchev–Trinajstić information content (AvgIpc) is 3.24. The highest BCUT2D eigenvalue weighted by atomic mass is 16.5. The first kappa shape index (κ1) is 16.2. The van der Waals surface area contributed by atoms with Gasteiger partial charge in [-0.05, 0) is 67.6 Å². The molecule has 0 aliphatic carbocycles. The number of nitrogens with zero attached hydrogens (tertiary/aromatic N) is 3. The number of imidazole rings is 1. The molecule has 0 amide bonds. The number of benzene rings is 2. The van der Waals surface area contributed by atoms with Crippen molar-refractivity contribution in [2.24, 2.45) is 0 Å². The summed E-state index contributed by atoms with van der Waals surface area (Å²) in [5.74, 6) is 0.916. The molecule has 4 heteroatoms. The van der Waals surface area contributed by atoms with E-state index in [1.807, 2.05) is 6.33 Å². The van der Waals surface area contributed by atoms with Gasteiger partial charge in [-0.3, -0.25) is 4.90 Å². The second-order valence-electron chi connectivity index (χ2n) is 7.02. The molecule has 0 unspecified atom stereocenters. The third-order valence-electron chi connectivity index (χ3n) is 5.43. The monoisotopic (exact) mass is 335 g/mol. The molecule has 1 aliphatic heterocycles. The maximum Gasteiger partial charge on any atom is 0.118 e. The van der Waals surface area contributed by atoms with Crippen molar-refractivity contribution in [1.82, 2.24) is 14.5 Å². The van der Waals surface area contributed by atoms with Gasteiger partial charge in [-0.1, -0.05) is 12.1 Å². The molecule has 1 atom stereocenters. The predicted molar refractivity (Wildman–Crippen MR) is 101 cm³/mol. The number of likely N-dealkylation sites (tertiary alicyclic amines) is 1. The lowest BCUT2D eigenvalue weighted by Crippen LogP contribution is -2.25. The van der Waals surface area contributed by atoms with Gasteiger partial charge in [-0.25, -0.2) is 4.98 Å². The summed E-state index contributed by atoms with van der Waals surface area (Å²) in [6, 6.07) is 13.4. The highest BCUT2D eigenvalue weighted by Gasteiger charge is 2.26. The summed E-state index contributed by atoms with van der Waals surface area (Å²) in [7, 11) is 1.71. The summed E-state index contributed by atoms with van der Waals surface area (Å²) in [5.41, 5.74) is 6.30. The molecule has 2 aromatic carbocycles. The van der Waals surface area contributed by atoms with E-state index in [0.29, 0.717) is 6.04 Å². The lowest BCUT2D eigenvalue weighted by atomic mass is 10.0. The van der Waals surface area contributed by atoms with Crippen molar-refractivity contribution in [3.05, 3.63) is 59.4 Å². The van der Waals surface area contributed by atoms with Crippen LogP contribution in [0.5, 0.6) is 5.75 Å². The molecule has 0 bridgehead atoms. The molecule has 4 nitrogen and oxygen atoms in total. The smallest absolute Gasteiger partial charge is 0.118 e. The van der Waals surface area contributed by atoms with E-state index >= 15 is 0 Å². The second kappa shape index (κ2) is 6.52. The summed E-state index contributed by atoms with van der Waals surface area (Å²) in [5, 5.41) is 0. The van der Waals surface area contributed by atoms with Crippen LogP contribution in [0.3, 0.4) is 0 Å². The molecule has 0 N–H and O–H groups in total. The lowest BCUT2D eigenvalue weighted by molar-refractivity contribution is 0.205. The standard InChI is InChI=1S/C21H25N3O/c1-15-11-19-21(12-16(15)2)24(13-22-19)14-23-10-4-5-20(23)17-6-8-18(25-3)9-7-17/h6-9,11-13,20H,4-5,10,14H2,1-3H3/t20-/m0/s1. The van der Waals surface area contributed by atoms with Crippen molar-refractivity contribution in [2.45, 2.75) is 39.4 Å². The highest BCUT2D eigenvalue weighted by molar-refractivity contribution is 5.77. The quantitative estimate of drug-likeness (QED) is 0.705. The van der Waals surface area contributed by atoms with E-state index in [2.05, 4.69) is 64.7 Å². The van der Waals surface area contributed by atoms with Crippen LogP contribution in [0.2, 0.25) is 0 Å². The fourth-order valence-corrected chi connectivity index (χ4v) is 3.82. The summed E-state index contributed by atoms with van der Waals surface area (Å²) in [6.07, 6.45) is 4.42. The van der Waals surface area contributed by atoms with Gasteiger partial charge in [0.05, 0.1) is 31.1 Å². The molecule has 0 radical (unpaired) electrons. The van der Waals surface area contributed by atoms with Gasteiger partial charge in [0.15, 0.2) is 0 Å². The molecule has 4 rings (SSSR count). The molecular weight excluding hydrogens is 310 g/mol. The molecule has 0 saturated carbocycles. The minimum Gasteiger partial charge on any atom is -0.497 e. The third-order valence-corrected chi connectivity index (χ3v) is 5.43. The molecule has 0 spiro atoms. The minimum absolute atomic E-state index is 0.468. The molecule has 3 aromatic rings. The summed E-state index contributed by atoms with van der Waals surface area (Å²) in [6.45, 7) is 6.33. The fourth-order valence-electron chi connectivity index (χ4n) is 3.82. The topological polar surface area (TPSA) is 30.3 Å². The highest BCUT2D eigenvalue weighted by Crippen LogP contribution is 2.33. The van der Waals surface area contributed by atoms with E-state index in [4.69, 9.17) is 4.74 Å². The van der Waals surface area contributed by atoms with Crippen LogP contribution in [0.1, 0.15) is 35.6 Å². The third kappa shape index (κ3) is 3.02. The van der Waals surface area contributed by atoms with E-state index in [1.165, 1.54) is 35.0 Å². The van der Waals surface area contributed by atoms with Crippen LogP contribution in [-0.4, -0.2) is 28.1 Å². The van der Waals surface area contributed by atoms with Crippen molar-refractivity contribution in [1.29, 1.82) is 0 Å². The molecule has 25 heavy (non-hydrogen) atoms. The number of hydrogen-bond donors (Lipinski definition) is 0. The van der Waals surface area contributed by atoms with Gasteiger partial charge in [0.1, 0.15) is 5.75 Å². The van der Waals surface area contributed by atoms with E-state index in [9.17, 15) is 0 Å². The van der Waals surface area contributed by atoms with Gasteiger partial charge in [0.2, 0.25) is 0 Å². The van der Waals surface area contributed by atoms with E-state index in [-0.39, 0.29) is 0 Å². The normalized spacial score (nSPS) is 18.1. The van der Waals surface area contributed by atoms with Crippen molar-refractivity contribution in [3.63, 3.8) is 0 Å². The van der Waals surface area contributed by atoms with Gasteiger partial charge in [-0.15, -0.1) is 0 Å². The SMILES string of the molecule is COc1ccc([C@@H]2CCCN2Cn2cnc3cc(C)c(C)cc32)cc1. The second-order valence-corrected chi connectivity index (χ2v) is 7.02. The zero-order valence-electron chi connectivity index (χ0n) is 15.2. The van der Waals surface area contributed by atoms with Gasteiger partial charge in [0, 0.05) is 12.6 Å². The number of methoxy groups -OCH3 is 1. The zero-order valence-corrected chi connectivity index (χ0v) is 15.2. The van der Waals surface area contributed by atoms with Crippen molar-refractivity contribution >= 4 is 11.0 Å². The molecule has 1 aliphatic rings. The van der Waals surface area contributed by atoms with Crippen molar-refractivity contribution in [2.75, 3.05) is 13.7 Å². The number of rotatable bonds is 4. The zero-order chi connectivity index (χ0) is 17.4. The number of aromatic nitrogens is 2. The first-order chi connectivity index (χ1) is 12.2. The Morgan fingerprint density at radius 2 is 1.88 bits per heavy atom. The summed E-state index contributed by atoms with van der Waals surface area (Å²) < 4.78 is 7.57. The Labute approximate surface area is 149 Å². The Hall–Kier alpha value is -2.33. The lowest BCUT2D eigenvalue weighted by Gasteiger charge is -2.25. The van der Waals surface area contributed by atoms with Crippen LogP contribution in [0.4, 0.5) is 0 Å². The number of ether oxygens (including phenoxy) is 1. The van der Waals surface area contributed by atoms with Crippen molar-refractivity contribution < 1.29 is 4.74 Å². The van der Waals surface area contributed by atoms with Crippen LogP contribution in [-0.2, 0) is 6.67 Å². The number of hydrogen-bond acceptors (Lipinski definition) is 3. The number of aryl methyl sites for hydroxylation is 2. The van der Waals surface area contributed by atoms with Gasteiger partial charge in [0.25, 0.3) is 0 Å². The van der Waals surface area contributed by atoms with Gasteiger partial charge < -0.3 is 9.30 Å². The van der Waals surface area contributed by atoms with Gasteiger partial charge >= 0.3 is 0 Å². The van der Waals surface area contributed by atoms with E-state index in [0.717, 1.165) is 24.5 Å². The van der Waals surface area contributed by atoms with Crippen LogP contribution in [0.25, 0.3) is 11.0 Å². The molecule has 1 saturated heterocycles. The predicted octanol–water partition coefficient (Wildman–Crippen LogP) is 4.46. The minimum atomic E-state index is 0.468. The number of fused-ring (bicyclic) bond motifs is 1. The Bertz CT molecular complexity index is 882. The van der Waals surface area contributed by atoms with Crippen LogP contribution >= 0.6 is 0 Å². The Morgan fingerprint density at radius 3 is 2.64 bits per heavy atom. The Kier molecular flexibility index (Phi) is 4.22. The molecule has 1 aromatic heterocycles. The average molecular weight is 335 g/mol. The first-order valence-corrected chi connectivity index (χ1v) is 8.96. The fraction of sp³-hybridized carbons (Fsp3) is 0.381. The first-order valence-electron chi connectivity index (χ1n) is 8.96. The molecule has 1 fully saturated rings. The van der Waals surface area contributed by atoms with E-state index < -0.39 is 0 Å². The Morgan fingerprint density at radius 1 is 1.12 bits per heavy atom. The maximum atomic E-state index is 5.29. The molecular formula is C21H25N3O. The summed E-state index contributed by atoms with van der Waals surface area (Å²) >= 11 is 0. The van der Waals surface area contributed by atoms with Crippen LogP contribution < -0.4 is 4.74 Å². The Balaban J connectivity index is 1.60. The van der Waals surface area contributed by atoms with E-state index in [1.54, 1.807) is 7.11 Å². The summed E-state index contributed by atoms with van der Waals surface area (Å²) in [4.78, 5) is 7.16. The van der Waals surface area contributed by atoms with Crippen LogP contribution in [0, 0.1) is 13.8 Å². The molecule has 130 valence electrons. The van der Waals surface area contributed by atoms with Crippen LogP contribution in [0.15, 0.2) is 42.7 Å².